The zero-order chi connectivity index (χ0) is 28.4. The summed E-state index contributed by atoms with van der Waals surface area (Å²) in [7, 11) is 1.82. The first kappa shape index (κ1) is 29.7. The molecule has 0 aliphatic carbocycles. The molecule has 1 aromatic heterocycles. The predicted octanol–water partition coefficient (Wildman–Crippen LogP) is 4.13. The Hall–Kier alpha value is -3.87. The number of hydrogen-bond acceptors (Lipinski definition) is 6. The first-order valence-electron chi connectivity index (χ1n) is 13.1. The summed E-state index contributed by atoms with van der Waals surface area (Å²) in [5.41, 5.74) is 2.83. The van der Waals surface area contributed by atoms with Gasteiger partial charge in [-0.1, -0.05) is 38.1 Å². The van der Waals surface area contributed by atoms with Crippen LogP contribution in [-0.2, 0) is 19.4 Å². The van der Waals surface area contributed by atoms with Crippen LogP contribution < -0.4 is 15.5 Å². The molecule has 2 aromatic carbocycles. The van der Waals surface area contributed by atoms with Crippen molar-refractivity contribution in [3.05, 3.63) is 94.2 Å². The van der Waals surface area contributed by atoms with E-state index >= 15 is 0 Å². The van der Waals surface area contributed by atoms with E-state index in [9.17, 15) is 23.9 Å². The van der Waals surface area contributed by atoms with Gasteiger partial charge < -0.3 is 20.6 Å². The number of aliphatic hydroxyl groups excluding tert-OH is 1. The number of aromatic nitrogens is 1. The normalized spacial score (nSPS) is 12.4. The Morgan fingerprint density at radius 2 is 1.79 bits per heavy atom. The standard InChI is InChI=1S/C30H35F2N5O2/c1-4-9-37(3)29-15-23(14-26(17-33)35-29)30(39)36-27(13-22-11-24(31)16-25(32)12-22)28(38)19-34-18-21-8-6-7-20(5-2)10-21/h6-8,10-12,14-16,27-28,34,38H,4-5,9,13,18-19H2,1-3H3,(H,36,39). The Morgan fingerprint density at radius 3 is 2.46 bits per heavy atom. The minimum absolute atomic E-state index is 0.00658. The van der Waals surface area contributed by atoms with Crippen LogP contribution in [0, 0.1) is 23.0 Å². The average molecular weight is 536 g/mol. The molecule has 0 saturated heterocycles. The zero-order valence-electron chi connectivity index (χ0n) is 22.5. The Kier molecular flexibility index (Phi) is 10.9. The van der Waals surface area contributed by atoms with E-state index in [1.54, 1.807) is 6.07 Å². The summed E-state index contributed by atoms with van der Waals surface area (Å²) in [4.78, 5) is 19.4. The van der Waals surface area contributed by atoms with E-state index in [0.29, 0.717) is 24.5 Å². The first-order chi connectivity index (χ1) is 18.7. The highest BCUT2D eigenvalue weighted by molar-refractivity contribution is 5.95. The van der Waals surface area contributed by atoms with Crippen molar-refractivity contribution >= 4 is 11.7 Å². The maximum absolute atomic E-state index is 13.9. The third-order valence-electron chi connectivity index (χ3n) is 6.38. The maximum Gasteiger partial charge on any atom is 0.251 e. The third-order valence-corrected chi connectivity index (χ3v) is 6.38. The molecular formula is C30H35F2N5O2. The van der Waals surface area contributed by atoms with E-state index in [1.165, 1.54) is 23.8 Å². The number of benzene rings is 2. The topological polar surface area (TPSA) is 101 Å². The third kappa shape index (κ3) is 8.84. The van der Waals surface area contributed by atoms with Crippen LogP contribution in [0.15, 0.2) is 54.6 Å². The lowest BCUT2D eigenvalue weighted by Crippen LogP contribution is -2.48. The molecule has 39 heavy (non-hydrogen) atoms. The van der Waals surface area contributed by atoms with Gasteiger partial charge in [-0.15, -0.1) is 0 Å². The van der Waals surface area contributed by atoms with E-state index in [0.717, 1.165) is 24.5 Å². The van der Waals surface area contributed by atoms with E-state index < -0.39 is 29.7 Å². The van der Waals surface area contributed by atoms with E-state index in [1.807, 2.05) is 43.1 Å². The molecule has 206 valence electrons. The van der Waals surface area contributed by atoms with Crippen LogP contribution in [0.5, 0.6) is 0 Å². The van der Waals surface area contributed by atoms with Crippen molar-refractivity contribution in [3.63, 3.8) is 0 Å². The van der Waals surface area contributed by atoms with Crippen molar-refractivity contribution in [3.8, 4) is 6.07 Å². The summed E-state index contributed by atoms with van der Waals surface area (Å²) in [6.07, 6.45) is 0.680. The van der Waals surface area contributed by atoms with Crippen LogP contribution in [0.3, 0.4) is 0 Å². The fourth-order valence-electron chi connectivity index (χ4n) is 4.33. The van der Waals surface area contributed by atoms with Gasteiger partial charge in [0.2, 0.25) is 0 Å². The number of aliphatic hydroxyl groups is 1. The molecule has 1 amide bonds. The van der Waals surface area contributed by atoms with Gasteiger partial charge in [0.1, 0.15) is 29.2 Å². The lowest BCUT2D eigenvalue weighted by Gasteiger charge is -2.25. The largest absolute Gasteiger partial charge is 0.390 e. The van der Waals surface area contributed by atoms with Crippen LogP contribution in [0.2, 0.25) is 0 Å². The average Bonchev–Trinajstić information content (AvgIpc) is 2.92. The van der Waals surface area contributed by atoms with E-state index in [2.05, 4.69) is 28.6 Å². The zero-order valence-corrected chi connectivity index (χ0v) is 22.5. The summed E-state index contributed by atoms with van der Waals surface area (Å²) in [5, 5.41) is 26.5. The number of amides is 1. The van der Waals surface area contributed by atoms with Crippen molar-refractivity contribution in [1.82, 2.24) is 15.6 Å². The molecule has 3 aromatic rings. The lowest BCUT2D eigenvalue weighted by molar-refractivity contribution is 0.0829. The summed E-state index contributed by atoms with van der Waals surface area (Å²) in [5.74, 6) is -1.54. The van der Waals surface area contributed by atoms with Crippen LogP contribution in [0.1, 0.15) is 53.0 Å². The number of carbonyl (C=O) groups is 1. The number of pyridine rings is 1. The Morgan fingerprint density at radius 1 is 1.08 bits per heavy atom. The second kappa shape index (κ2) is 14.3. The lowest BCUT2D eigenvalue weighted by atomic mass is 10.00. The Labute approximate surface area is 228 Å². The molecule has 0 aliphatic rings. The molecule has 9 heteroatoms. The summed E-state index contributed by atoms with van der Waals surface area (Å²) in [6, 6.07) is 15.3. The second-order valence-corrected chi connectivity index (χ2v) is 9.57. The summed E-state index contributed by atoms with van der Waals surface area (Å²) >= 11 is 0. The van der Waals surface area contributed by atoms with Crippen LogP contribution in [-0.4, -0.2) is 48.3 Å². The number of rotatable bonds is 13. The highest BCUT2D eigenvalue weighted by Gasteiger charge is 2.24. The Balaban J connectivity index is 1.80. The molecule has 2 unspecified atom stereocenters. The number of aryl methyl sites for hydroxylation is 1. The maximum atomic E-state index is 13.9. The molecule has 2 atom stereocenters. The van der Waals surface area contributed by atoms with Gasteiger partial charge >= 0.3 is 0 Å². The van der Waals surface area contributed by atoms with Crippen LogP contribution >= 0.6 is 0 Å². The monoisotopic (exact) mass is 535 g/mol. The number of nitrogens with zero attached hydrogens (tertiary/aromatic N) is 3. The molecule has 3 rings (SSSR count). The van der Waals surface area contributed by atoms with Gasteiger partial charge in [-0.05, 0) is 60.2 Å². The number of nitrogens with one attached hydrogen (secondary N) is 2. The minimum Gasteiger partial charge on any atom is -0.390 e. The van der Waals surface area contributed by atoms with E-state index in [-0.39, 0.29) is 24.2 Å². The molecular weight excluding hydrogens is 500 g/mol. The minimum atomic E-state index is -1.07. The van der Waals surface area contributed by atoms with Crippen molar-refractivity contribution < 1.29 is 18.7 Å². The number of nitriles is 1. The predicted molar refractivity (Wildman–Crippen MR) is 147 cm³/mol. The molecule has 0 bridgehead atoms. The smallest absolute Gasteiger partial charge is 0.251 e. The molecule has 0 radical (unpaired) electrons. The first-order valence-corrected chi connectivity index (χ1v) is 13.1. The summed E-state index contributed by atoms with van der Waals surface area (Å²) in [6.45, 7) is 5.40. The molecule has 1 heterocycles. The van der Waals surface area contributed by atoms with Gasteiger partial charge in [-0.2, -0.15) is 5.26 Å². The SMILES string of the molecule is CCCN(C)c1cc(C(=O)NC(Cc2cc(F)cc(F)c2)C(O)CNCc2cccc(CC)c2)cc(C#N)n1. The van der Waals surface area contributed by atoms with Gasteiger partial charge in [0.15, 0.2) is 0 Å². The van der Waals surface area contributed by atoms with Crippen LogP contribution in [0.4, 0.5) is 14.6 Å². The van der Waals surface area contributed by atoms with Gasteiger partial charge in [-0.25, -0.2) is 13.8 Å². The summed E-state index contributed by atoms with van der Waals surface area (Å²) < 4.78 is 27.8. The second-order valence-electron chi connectivity index (χ2n) is 9.57. The Bertz CT molecular complexity index is 1290. The molecule has 0 saturated carbocycles. The number of anilines is 1. The highest BCUT2D eigenvalue weighted by Crippen LogP contribution is 2.17. The van der Waals surface area contributed by atoms with Gasteiger partial charge in [0, 0.05) is 38.3 Å². The number of carbonyl (C=O) groups excluding carboxylic acids is 1. The fourth-order valence-corrected chi connectivity index (χ4v) is 4.33. The fraction of sp³-hybridized carbons (Fsp3) is 0.367. The van der Waals surface area contributed by atoms with Crippen molar-refractivity contribution in [2.75, 3.05) is 25.0 Å². The van der Waals surface area contributed by atoms with Gasteiger partial charge in [0.25, 0.3) is 5.91 Å². The molecule has 0 fully saturated rings. The van der Waals surface area contributed by atoms with Gasteiger partial charge in [-0.3, -0.25) is 4.79 Å². The van der Waals surface area contributed by atoms with Crippen molar-refractivity contribution in [2.24, 2.45) is 0 Å². The van der Waals surface area contributed by atoms with Crippen molar-refractivity contribution in [2.45, 2.75) is 51.8 Å². The van der Waals surface area contributed by atoms with Crippen molar-refractivity contribution in [1.29, 1.82) is 5.26 Å². The number of halogens is 2. The number of hydrogen-bond donors (Lipinski definition) is 3. The van der Waals surface area contributed by atoms with Gasteiger partial charge in [0.05, 0.1) is 12.1 Å². The molecule has 3 N–H and O–H groups in total. The highest BCUT2D eigenvalue weighted by atomic mass is 19.1. The van der Waals surface area contributed by atoms with E-state index in [4.69, 9.17) is 0 Å². The molecule has 0 aliphatic heterocycles. The van der Waals surface area contributed by atoms with Crippen LogP contribution in [0.25, 0.3) is 0 Å². The molecule has 7 nitrogen and oxygen atoms in total. The molecule has 0 spiro atoms. The quantitative estimate of drug-likeness (QED) is 0.304.